The second kappa shape index (κ2) is 9.31. The quantitative estimate of drug-likeness (QED) is 0.647. The number of nitrogens with zero attached hydrogens (tertiary/aromatic N) is 1. The van der Waals surface area contributed by atoms with E-state index in [1.807, 2.05) is 5.32 Å². The Morgan fingerprint density at radius 1 is 1.17 bits per heavy atom. The fraction of sp³-hybridized carbons (Fsp3) is 0.500. The van der Waals surface area contributed by atoms with Crippen LogP contribution in [0, 0.1) is 17.7 Å². The van der Waals surface area contributed by atoms with E-state index >= 15 is 0 Å². The summed E-state index contributed by atoms with van der Waals surface area (Å²) in [6.45, 7) is 3.46. The molecule has 1 aromatic carbocycles. The summed E-state index contributed by atoms with van der Waals surface area (Å²) in [4.78, 5) is 35.2. The van der Waals surface area contributed by atoms with Crippen LogP contribution in [0.1, 0.15) is 26.7 Å². The Bertz CT molecular complexity index is 864. The molecule has 1 aromatic rings. The highest BCUT2D eigenvalue weighted by atomic mass is 32.2. The SMILES string of the molecule is CC(C)C(OC(=O)C1CCN(S(=O)(=O)c2ccc(F)cc2)CC1)C(=O)NC(N)=O. The third-order valence-electron chi connectivity index (χ3n) is 4.59. The predicted molar refractivity (Wildman–Crippen MR) is 100 cm³/mol. The maximum atomic E-state index is 13.0. The number of sulfonamides is 1. The van der Waals surface area contributed by atoms with Crippen LogP contribution in [0.5, 0.6) is 0 Å². The summed E-state index contributed by atoms with van der Waals surface area (Å²) in [5.74, 6) is -2.96. The molecule has 0 bridgehead atoms. The second-order valence-corrected chi connectivity index (χ2v) is 9.03. The summed E-state index contributed by atoms with van der Waals surface area (Å²) >= 11 is 0. The molecule has 9 nitrogen and oxygen atoms in total. The molecule has 2 rings (SSSR count). The molecule has 1 atom stereocenters. The number of rotatable bonds is 6. The predicted octanol–water partition coefficient (Wildman–Crippen LogP) is 0.989. The average Bonchev–Trinajstić information content (AvgIpc) is 2.65. The van der Waals surface area contributed by atoms with Crippen molar-refractivity contribution in [1.29, 1.82) is 0 Å². The zero-order valence-corrected chi connectivity index (χ0v) is 16.9. The van der Waals surface area contributed by atoms with Gasteiger partial charge < -0.3 is 10.5 Å². The van der Waals surface area contributed by atoms with E-state index in [-0.39, 0.29) is 30.8 Å². The van der Waals surface area contributed by atoms with Gasteiger partial charge in [0.05, 0.1) is 10.8 Å². The monoisotopic (exact) mass is 429 g/mol. The van der Waals surface area contributed by atoms with E-state index < -0.39 is 51.7 Å². The lowest BCUT2D eigenvalue weighted by molar-refractivity contribution is -0.163. The minimum Gasteiger partial charge on any atom is -0.452 e. The number of nitrogens with two attached hydrogens (primary N) is 1. The van der Waals surface area contributed by atoms with Crippen molar-refractivity contribution >= 4 is 27.9 Å². The zero-order valence-electron chi connectivity index (χ0n) is 16.1. The van der Waals surface area contributed by atoms with Crippen LogP contribution in [0.15, 0.2) is 29.2 Å². The topological polar surface area (TPSA) is 136 Å². The molecule has 0 aromatic heterocycles. The number of carbonyl (C=O) groups excluding carboxylic acids is 3. The molecule has 0 aliphatic carbocycles. The summed E-state index contributed by atoms with van der Waals surface area (Å²) in [5.41, 5.74) is 4.92. The van der Waals surface area contributed by atoms with Gasteiger partial charge in [-0.15, -0.1) is 0 Å². The Hall–Kier alpha value is -2.53. The van der Waals surface area contributed by atoms with E-state index in [2.05, 4.69) is 0 Å². The first kappa shape index (κ1) is 22.8. The van der Waals surface area contributed by atoms with E-state index in [0.29, 0.717) is 0 Å². The largest absolute Gasteiger partial charge is 0.452 e. The molecule has 1 saturated heterocycles. The Kier molecular flexibility index (Phi) is 7.31. The molecule has 0 radical (unpaired) electrons. The van der Waals surface area contributed by atoms with Crippen LogP contribution in [0.25, 0.3) is 0 Å². The van der Waals surface area contributed by atoms with Gasteiger partial charge in [-0.3, -0.25) is 14.9 Å². The van der Waals surface area contributed by atoms with Crippen LogP contribution < -0.4 is 11.1 Å². The van der Waals surface area contributed by atoms with Gasteiger partial charge in [-0.25, -0.2) is 17.6 Å². The normalized spacial score (nSPS) is 17.0. The fourth-order valence-electron chi connectivity index (χ4n) is 2.99. The summed E-state index contributed by atoms with van der Waals surface area (Å²) < 4.78 is 44.8. The van der Waals surface area contributed by atoms with E-state index in [4.69, 9.17) is 10.5 Å². The van der Waals surface area contributed by atoms with Gasteiger partial charge in [-0.2, -0.15) is 4.31 Å². The van der Waals surface area contributed by atoms with E-state index in [0.717, 1.165) is 12.1 Å². The van der Waals surface area contributed by atoms with Gasteiger partial charge in [0.25, 0.3) is 5.91 Å². The number of carbonyl (C=O) groups is 3. The van der Waals surface area contributed by atoms with Gasteiger partial charge in [0.2, 0.25) is 10.0 Å². The minimum absolute atomic E-state index is 0.0251. The minimum atomic E-state index is -3.79. The smallest absolute Gasteiger partial charge is 0.318 e. The van der Waals surface area contributed by atoms with Crippen molar-refractivity contribution in [3.8, 4) is 0 Å². The summed E-state index contributed by atoms with van der Waals surface area (Å²) in [6.07, 6.45) is -0.765. The van der Waals surface area contributed by atoms with Crippen molar-refractivity contribution in [2.75, 3.05) is 13.1 Å². The number of imide groups is 1. The van der Waals surface area contributed by atoms with Gasteiger partial charge in [-0.1, -0.05) is 13.8 Å². The third-order valence-corrected chi connectivity index (χ3v) is 6.50. The maximum Gasteiger partial charge on any atom is 0.318 e. The molecule has 160 valence electrons. The Balaban J connectivity index is 1.98. The molecule has 3 N–H and O–H groups in total. The van der Waals surface area contributed by atoms with Crippen molar-refractivity contribution in [3.63, 3.8) is 0 Å². The third kappa shape index (κ3) is 5.73. The summed E-state index contributed by atoms with van der Waals surface area (Å²) in [6, 6.07) is 3.47. The number of hydrogen-bond donors (Lipinski definition) is 2. The van der Waals surface area contributed by atoms with E-state index in [1.165, 1.54) is 16.4 Å². The van der Waals surface area contributed by atoms with Crippen molar-refractivity contribution in [2.24, 2.45) is 17.6 Å². The number of piperidine rings is 1. The number of hydrogen-bond acceptors (Lipinski definition) is 6. The molecule has 1 aliphatic rings. The first-order chi connectivity index (χ1) is 13.5. The van der Waals surface area contributed by atoms with Crippen LogP contribution >= 0.6 is 0 Å². The highest BCUT2D eigenvalue weighted by molar-refractivity contribution is 7.89. The highest BCUT2D eigenvalue weighted by Crippen LogP contribution is 2.25. The van der Waals surface area contributed by atoms with Crippen molar-refractivity contribution < 1.29 is 31.9 Å². The molecule has 0 saturated carbocycles. The molecule has 11 heteroatoms. The van der Waals surface area contributed by atoms with Gasteiger partial charge in [-0.05, 0) is 43.0 Å². The summed E-state index contributed by atoms with van der Waals surface area (Å²) in [7, 11) is -3.79. The van der Waals surface area contributed by atoms with Crippen LogP contribution in [-0.4, -0.2) is 49.8 Å². The number of amides is 3. The lowest BCUT2D eigenvalue weighted by Crippen LogP contribution is -2.47. The molecule has 3 amide bonds. The van der Waals surface area contributed by atoms with Crippen molar-refractivity contribution in [3.05, 3.63) is 30.1 Å². The number of halogens is 1. The number of urea groups is 1. The van der Waals surface area contributed by atoms with E-state index in [1.54, 1.807) is 13.8 Å². The van der Waals surface area contributed by atoms with Crippen molar-refractivity contribution in [2.45, 2.75) is 37.7 Å². The van der Waals surface area contributed by atoms with Gasteiger partial charge in [0, 0.05) is 13.1 Å². The molecule has 1 heterocycles. The molecule has 0 spiro atoms. The van der Waals surface area contributed by atoms with Gasteiger partial charge in [0.15, 0.2) is 6.10 Å². The number of esters is 1. The first-order valence-electron chi connectivity index (χ1n) is 9.09. The summed E-state index contributed by atoms with van der Waals surface area (Å²) in [5, 5.41) is 1.89. The molecule has 29 heavy (non-hydrogen) atoms. The van der Waals surface area contributed by atoms with E-state index in [9.17, 15) is 27.2 Å². The maximum absolute atomic E-state index is 13.0. The molecular formula is C18H24FN3O6S. The number of ether oxygens (including phenoxy) is 1. The lowest BCUT2D eigenvalue weighted by Gasteiger charge is -2.31. The average molecular weight is 429 g/mol. The molecule has 1 fully saturated rings. The number of benzene rings is 1. The molecule has 1 unspecified atom stereocenters. The Morgan fingerprint density at radius 3 is 2.21 bits per heavy atom. The van der Waals surface area contributed by atoms with Crippen molar-refractivity contribution in [1.82, 2.24) is 9.62 Å². The van der Waals surface area contributed by atoms with Crippen LogP contribution in [0.2, 0.25) is 0 Å². The fourth-order valence-corrected chi connectivity index (χ4v) is 4.46. The second-order valence-electron chi connectivity index (χ2n) is 7.09. The molecule has 1 aliphatic heterocycles. The van der Waals surface area contributed by atoms with Crippen LogP contribution in [0.4, 0.5) is 9.18 Å². The highest BCUT2D eigenvalue weighted by Gasteiger charge is 2.35. The number of primary amides is 1. The molecular weight excluding hydrogens is 405 g/mol. The number of nitrogens with one attached hydrogen (secondary N) is 1. The van der Waals surface area contributed by atoms with Gasteiger partial charge >= 0.3 is 12.0 Å². The van der Waals surface area contributed by atoms with Crippen LogP contribution in [-0.2, 0) is 24.3 Å². The first-order valence-corrected chi connectivity index (χ1v) is 10.5. The van der Waals surface area contributed by atoms with Crippen LogP contribution in [0.3, 0.4) is 0 Å². The Morgan fingerprint density at radius 2 is 1.72 bits per heavy atom. The zero-order chi connectivity index (χ0) is 21.8. The standard InChI is InChI=1S/C18H24FN3O6S/c1-11(2)15(16(23)21-18(20)25)28-17(24)12-7-9-22(10-8-12)29(26,27)14-5-3-13(19)4-6-14/h3-6,11-12,15H,7-10H2,1-2H3,(H3,20,21,23,25). The Labute approximate surface area is 168 Å². The van der Waals surface area contributed by atoms with Gasteiger partial charge in [0.1, 0.15) is 5.82 Å². The lowest BCUT2D eigenvalue weighted by atomic mass is 9.98.